The molecule has 1 heterocycles. The zero-order valence-electron chi connectivity index (χ0n) is 17.7. The largest absolute Gasteiger partial charge is 0.507 e. The monoisotopic (exact) mass is 447 g/mol. The molecule has 1 aliphatic rings. The van der Waals surface area contributed by atoms with Crippen molar-refractivity contribution in [1.29, 1.82) is 0 Å². The number of aliphatic hydroxyl groups is 1. The van der Waals surface area contributed by atoms with Gasteiger partial charge >= 0.3 is 0 Å². The van der Waals surface area contributed by atoms with E-state index in [1.54, 1.807) is 18.2 Å². The van der Waals surface area contributed by atoms with Gasteiger partial charge in [0.1, 0.15) is 11.5 Å². The van der Waals surface area contributed by atoms with Gasteiger partial charge in [0.15, 0.2) is 0 Å². The summed E-state index contributed by atoms with van der Waals surface area (Å²) in [6.45, 7) is 2.05. The maximum atomic E-state index is 13.2. The Kier molecular flexibility index (Phi) is 6.01. The van der Waals surface area contributed by atoms with Gasteiger partial charge in [-0.05, 0) is 47.9 Å². The minimum atomic E-state index is -0.773. The summed E-state index contributed by atoms with van der Waals surface area (Å²) in [5, 5.41) is 11.6. The number of amides is 1. The summed E-state index contributed by atoms with van der Waals surface area (Å²) in [4.78, 5) is 27.8. The lowest BCUT2D eigenvalue weighted by Gasteiger charge is -2.25. The van der Waals surface area contributed by atoms with Crippen LogP contribution in [0, 0.1) is 0 Å². The number of rotatable bonds is 5. The zero-order chi connectivity index (χ0) is 22.8. The second kappa shape index (κ2) is 8.89. The minimum Gasteiger partial charge on any atom is -0.507 e. The molecule has 0 aliphatic carbocycles. The molecule has 3 aromatic rings. The molecule has 162 valence electrons. The van der Waals surface area contributed by atoms with Crippen LogP contribution in [0.25, 0.3) is 5.76 Å². The van der Waals surface area contributed by atoms with E-state index in [4.69, 9.17) is 16.3 Å². The number of aliphatic hydroxyl groups excluding tert-OH is 1. The third-order valence-electron chi connectivity index (χ3n) is 5.61. The summed E-state index contributed by atoms with van der Waals surface area (Å²) in [5.74, 6) is -1.35. The number of ketones is 1. The molecule has 0 spiro atoms. The molecule has 5 nitrogen and oxygen atoms in total. The first-order chi connectivity index (χ1) is 15.5. The molecule has 1 aliphatic heterocycles. The molecule has 4 rings (SSSR count). The van der Waals surface area contributed by atoms with Gasteiger partial charge < -0.3 is 9.84 Å². The van der Waals surface area contributed by atoms with E-state index in [0.29, 0.717) is 27.6 Å². The first-order valence-corrected chi connectivity index (χ1v) is 10.6. The van der Waals surface area contributed by atoms with E-state index in [1.807, 2.05) is 61.5 Å². The van der Waals surface area contributed by atoms with Crippen LogP contribution >= 0.6 is 11.6 Å². The van der Waals surface area contributed by atoms with Crippen LogP contribution in [-0.4, -0.2) is 23.9 Å². The highest BCUT2D eigenvalue weighted by molar-refractivity contribution is 6.51. The van der Waals surface area contributed by atoms with E-state index in [1.165, 1.54) is 12.0 Å². The van der Waals surface area contributed by atoms with Crippen molar-refractivity contribution in [2.75, 3.05) is 12.0 Å². The predicted molar refractivity (Wildman–Crippen MR) is 125 cm³/mol. The molecule has 0 saturated carbocycles. The van der Waals surface area contributed by atoms with E-state index in [2.05, 4.69) is 0 Å². The number of hydrogen-bond donors (Lipinski definition) is 1. The molecule has 3 aromatic carbocycles. The smallest absolute Gasteiger partial charge is 0.300 e. The van der Waals surface area contributed by atoms with Gasteiger partial charge in [-0.3, -0.25) is 14.5 Å². The molecule has 1 fully saturated rings. The summed E-state index contributed by atoms with van der Waals surface area (Å²) in [5.41, 5.74) is 2.78. The van der Waals surface area contributed by atoms with Crippen molar-refractivity contribution in [3.8, 4) is 5.75 Å². The number of Topliss-reactive ketones (excluding diaryl/α,β-unsaturated/α-hetero) is 1. The number of halogens is 1. The molecule has 1 unspecified atom stereocenters. The Hall–Kier alpha value is -3.57. The molecule has 0 radical (unpaired) electrons. The van der Waals surface area contributed by atoms with Crippen molar-refractivity contribution >= 4 is 34.7 Å². The molecule has 32 heavy (non-hydrogen) atoms. The second-order valence-electron chi connectivity index (χ2n) is 7.45. The molecule has 1 N–H and O–H groups in total. The van der Waals surface area contributed by atoms with Gasteiger partial charge in [-0.1, -0.05) is 61.0 Å². The average molecular weight is 448 g/mol. The normalized spacial score (nSPS) is 17.6. The molecule has 0 aromatic heterocycles. The van der Waals surface area contributed by atoms with E-state index >= 15 is 0 Å². The molecule has 1 amide bonds. The van der Waals surface area contributed by atoms with E-state index in [0.717, 1.165) is 12.0 Å². The summed E-state index contributed by atoms with van der Waals surface area (Å²) in [6, 6.07) is 20.6. The lowest BCUT2D eigenvalue weighted by Crippen LogP contribution is -2.29. The number of methoxy groups -OCH3 is 1. The Morgan fingerprint density at radius 3 is 2.34 bits per heavy atom. The standard InChI is InChI=1S/C26H22ClNO4/c1-3-16-9-12-19(13-10-16)28-23(17-7-5-4-6-8-17)22(25(30)26(28)31)24(29)18-11-14-20(27)21(15-18)32-2/h4-15,23,29H,3H2,1-2H3/b24-22-. The Balaban J connectivity index is 1.91. The van der Waals surface area contributed by atoms with Crippen LogP contribution in [0.4, 0.5) is 5.69 Å². The number of hydrogen-bond acceptors (Lipinski definition) is 4. The average Bonchev–Trinajstić information content (AvgIpc) is 3.10. The fourth-order valence-corrected chi connectivity index (χ4v) is 4.10. The molecular weight excluding hydrogens is 426 g/mol. The van der Waals surface area contributed by atoms with Crippen molar-refractivity contribution in [3.63, 3.8) is 0 Å². The topological polar surface area (TPSA) is 66.8 Å². The Morgan fingerprint density at radius 1 is 1.03 bits per heavy atom. The highest BCUT2D eigenvalue weighted by Crippen LogP contribution is 2.42. The Morgan fingerprint density at radius 2 is 1.72 bits per heavy atom. The van der Waals surface area contributed by atoms with Crippen molar-refractivity contribution in [3.05, 3.63) is 100 Å². The number of anilines is 1. The van der Waals surface area contributed by atoms with Gasteiger partial charge in [0.05, 0.1) is 23.7 Å². The number of benzene rings is 3. The van der Waals surface area contributed by atoms with Gasteiger partial charge in [0, 0.05) is 11.3 Å². The second-order valence-corrected chi connectivity index (χ2v) is 7.86. The van der Waals surface area contributed by atoms with E-state index < -0.39 is 17.7 Å². The number of aryl methyl sites for hydroxylation is 1. The quantitative estimate of drug-likeness (QED) is 0.317. The first-order valence-electron chi connectivity index (χ1n) is 10.2. The number of carbonyl (C=O) groups is 2. The first kappa shape index (κ1) is 21.7. The van der Waals surface area contributed by atoms with Gasteiger partial charge in [-0.15, -0.1) is 0 Å². The van der Waals surface area contributed by atoms with Crippen molar-refractivity contribution in [2.45, 2.75) is 19.4 Å². The van der Waals surface area contributed by atoms with Crippen LogP contribution in [0.5, 0.6) is 5.75 Å². The zero-order valence-corrected chi connectivity index (χ0v) is 18.5. The summed E-state index contributed by atoms with van der Waals surface area (Å²) in [6.07, 6.45) is 0.861. The number of ether oxygens (including phenoxy) is 1. The number of nitrogens with zero attached hydrogens (tertiary/aromatic N) is 1. The Bertz CT molecular complexity index is 1200. The predicted octanol–water partition coefficient (Wildman–Crippen LogP) is 5.54. The molecule has 6 heteroatoms. The van der Waals surface area contributed by atoms with Crippen molar-refractivity contribution in [1.82, 2.24) is 0 Å². The number of carbonyl (C=O) groups excluding carboxylic acids is 2. The lowest BCUT2D eigenvalue weighted by molar-refractivity contribution is -0.132. The lowest BCUT2D eigenvalue weighted by atomic mass is 9.95. The van der Waals surface area contributed by atoms with E-state index in [9.17, 15) is 14.7 Å². The maximum absolute atomic E-state index is 13.2. The third kappa shape index (κ3) is 3.76. The fraction of sp³-hybridized carbons (Fsp3) is 0.154. The van der Waals surface area contributed by atoms with Crippen LogP contribution in [0.2, 0.25) is 5.02 Å². The molecular formula is C26H22ClNO4. The third-order valence-corrected chi connectivity index (χ3v) is 5.92. The van der Waals surface area contributed by atoms with Gasteiger partial charge in [-0.2, -0.15) is 0 Å². The summed E-state index contributed by atoms with van der Waals surface area (Å²) < 4.78 is 5.24. The summed E-state index contributed by atoms with van der Waals surface area (Å²) in [7, 11) is 1.47. The van der Waals surface area contributed by atoms with Crippen LogP contribution < -0.4 is 9.64 Å². The molecule has 1 atom stereocenters. The van der Waals surface area contributed by atoms with Crippen LogP contribution in [-0.2, 0) is 16.0 Å². The summed E-state index contributed by atoms with van der Waals surface area (Å²) >= 11 is 6.11. The van der Waals surface area contributed by atoms with E-state index in [-0.39, 0.29) is 11.3 Å². The highest BCUT2D eigenvalue weighted by Gasteiger charge is 2.46. The van der Waals surface area contributed by atoms with Gasteiger partial charge in [0.2, 0.25) is 0 Å². The van der Waals surface area contributed by atoms with Crippen molar-refractivity contribution in [2.24, 2.45) is 0 Å². The van der Waals surface area contributed by atoms with Crippen LogP contribution in [0.3, 0.4) is 0 Å². The van der Waals surface area contributed by atoms with Crippen molar-refractivity contribution < 1.29 is 19.4 Å². The Labute approximate surface area is 191 Å². The fourth-order valence-electron chi connectivity index (χ4n) is 3.90. The highest BCUT2D eigenvalue weighted by atomic mass is 35.5. The van der Waals surface area contributed by atoms with Crippen LogP contribution in [0.15, 0.2) is 78.4 Å². The minimum absolute atomic E-state index is 0.0187. The SMILES string of the molecule is CCc1ccc(N2C(=O)C(=O)/C(=C(\O)c3ccc(Cl)c(OC)c3)C2c2ccccc2)cc1. The molecule has 0 bridgehead atoms. The van der Waals surface area contributed by atoms with Crippen LogP contribution in [0.1, 0.15) is 29.7 Å². The van der Waals surface area contributed by atoms with Gasteiger partial charge in [0.25, 0.3) is 11.7 Å². The maximum Gasteiger partial charge on any atom is 0.300 e. The molecule has 1 saturated heterocycles. The van der Waals surface area contributed by atoms with Gasteiger partial charge in [-0.25, -0.2) is 0 Å².